The van der Waals surface area contributed by atoms with Gasteiger partial charge in [0.1, 0.15) is 0 Å². The molecule has 1 atom stereocenters. The molecule has 3 nitrogen and oxygen atoms in total. The minimum atomic E-state index is -0.440. The number of methoxy groups -OCH3 is 1. The highest BCUT2D eigenvalue weighted by molar-refractivity contribution is 5.81. The number of nitriles is 1. The van der Waals surface area contributed by atoms with Gasteiger partial charge in [0, 0.05) is 11.5 Å². The van der Waals surface area contributed by atoms with Crippen molar-refractivity contribution in [2.75, 3.05) is 7.11 Å². The summed E-state index contributed by atoms with van der Waals surface area (Å²) in [6.07, 6.45) is 3.09. The maximum absolute atomic E-state index is 11.1. The van der Waals surface area contributed by atoms with E-state index in [1.165, 1.54) is 13.2 Å². The van der Waals surface area contributed by atoms with Crippen LogP contribution in [-0.4, -0.2) is 13.1 Å². The molecule has 0 fully saturated rings. The Labute approximate surface area is 108 Å². The zero-order valence-corrected chi connectivity index (χ0v) is 10.9. The third kappa shape index (κ3) is 3.46. The van der Waals surface area contributed by atoms with Crippen LogP contribution in [0.4, 0.5) is 0 Å². The third-order valence-corrected chi connectivity index (χ3v) is 2.86. The molecule has 1 rings (SSSR count). The van der Waals surface area contributed by atoms with E-state index in [0.717, 1.165) is 5.56 Å². The summed E-state index contributed by atoms with van der Waals surface area (Å²) in [5.74, 6) is -0.715. The SMILES string of the molecule is COC(=O)/C=C/C(C)(C)C(C#N)c1ccccc1. The lowest BCUT2D eigenvalue weighted by atomic mass is 9.75. The number of hydrogen-bond acceptors (Lipinski definition) is 3. The molecule has 0 saturated carbocycles. The fraction of sp³-hybridized carbons (Fsp3) is 0.333. The summed E-state index contributed by atoms with van der Waals surface area (Å²) < 4.78 is 4.56. The second-order valence-electron chi connectivity index (χ2n) is 4.65. The predicted octanol–water partition coefficient (Wildman–Crippen LogP) is 3.05. The summed E-state index contributed by atoms with van der Waals surface area (Å²) in [6, 6.07) is 11.9. The summed E-state index contributed by atoms with van der Waals surface area (Å²) in [4.78, 5) is 11.1. The molecule has 1 unspecified atom stereocenters. The molecule has 3 heteroatoms. The highest BCUT2D eigenvalue weighted by atomic mass is 16.5. The van der Waals surface area contributed by atoms with Crippen LogP contribution in [0.15, 0.2) is 42.5 Å². The molecule has 0 saturated heterocycles. The largest absolute Gasteiger partial charge is 0.466 e. The minimum absolute atomic E-state index is 0.306. The number of benzene rings is 1. The molecule has 0 aliphatic carbocycles. The number of carbonyl (C=O) groups excluding carboxylic acids is 1. The van der Waals surface area contributed by atoms with Gasteiger partial charge in [0.15, 0.2) is 0 Å². The Morgan fingerprint density at radius 3 is 2.50 bits per heavy atom. The predicted molar refractivity (Wildman–Crippen MR) is 69.7 cm³/mol. The Bertz CT molecular complexity index is 469. The molecule has 0 aromatic heterocycles. The molecule has 0 bridgehead atoms. The zero-order valence-electron chi connectivity index (χ0n) is 10.9. The summed E-state index contributed by atoms with van der Waals surface area (Å²) in [5, 5.41) is 9.34. The number of allylic oxidation sites excluding steroid dienone is 1. The molecule has 0 spiro atoms. The van der Waals surface area contributed by atoms with Crippen LogP contribution in [0.25, 0.3) is 0 Å². The molecule has 94 valence electrons. The first-order valence-corrected chi connectivity index (χ1v) is 5.73. The van der Waals surface area contributed by atoms with Crippen molar-refractivity contribution >= 4 is 5.97 Å². The van der Waals surface area contributed by atoms with Crippen LogP contribution < -0.4 is 0 Å². The minimum Gasteiger partial charge on any atom is -0.466 e. The first-order chi connectivity index (χ1) is 8.51. The van der Waals surface area contributed by atoms with Gasteiger partial charge in [-0.2, -0.15) is 5.26 Å². The van der Waals surface area contributed by atoms with E-state index >= 15 is 0 Å². The lowest BCUT2D eigenvalue weighted by Crippen LogP contribution is -2.19. The number of nitrogens with zero attached hydrogens (tertiary/aromatic N) is 1. The highest BCUT2D eigenvalue weighted by Gasteiger charge is 2.28. The van der Waals surface area contributed by atoms with Crippen LogP contribution in [0.5, 0.6) is 0 Å². The van der Waals surface area contributed by atoms with Crippen LogP contribution in [0, 0.1) is 16.7 Å². The van der Waals surface area contributed by atoms with E-state index in [-0.39, 0.29) is 5.92 Å². The maximum Gasteiger partial charge on any atom is 0.330 e. The van der Waals surface area contributed by atoms with E-state index in [0.29, 0.717) is 0 Å². The van der Waals surface area contributed by atoms with Gasteiger partial charge in [-0.05, 0) is 5.56 Å². The van der Waals surface area contributed by atoms with E-state index in [9.17, 15) is 10.1 Å². The second kappa shape index (κ2) is 6.02. The van der Waals surface area contributed by atoms with Crippen LogP contribution >= 0.6 is 0 Å². The molecule has 0 amide bonds. The van der Waals surface area contributed by atoms with Gasteiger partial charge in [-0.1, -0.05) is 50.3 Å². The van der Waals surface area contributed by atoms with Crippen LogP contribution in [0.2, 0.25) is 0 Å². The van der Waals surface area contributed by atoms with Crippen molar-refractivity contribution in [3.05, 3.63) is 48.0 Å². The summed E-state index contributed by atoms with van der Waals surface area (Å²) in [5.41, 5.74) is 0.504. The summed E-state index contributed by atoms with van der Waals surface area (Å²) >= 11 is 0. The Kier molecular flexibility index (Phi) is 4.67. The fourth-order valence-corrected chi connectivity index (χ4v) is 1.76. The van der Waals surface area contributed by atoms with E-state index in [4.69, 9.17) is 0 Å². The fourth-order valence-electron chi connectivity index (χ4n) is 1.76. The summed E-state index contributed by atoms with van der Waals surface area (Å²) in [6.45, 7) is 3.85. The van der Waals surface area contributed by atoms with E-state index in [1.807, 2.05) is 44.2 Å². The van der Waals surface area contributed by atoms with Crippen LogP contribution in [-0.2, 0) is 9.53 Å². The number of hydrogen-bond donors (Lipinski definition) is 0. The third-order valence-electron chi connectivity index (χ3n) is 2.86. The molecular weight excluding hydrogens is 226 g/mol. The summed E-state index contributed by atoms with van der Waals surface area (Å²) in [7, 11) is 1.33. The first-order valence-electron chi connectivity index (χ1n) is 5.73. The number of ether oxygens (including phenoxy) is 1. The zero-order chi connectivity index (χ0) is 13.6. The Balaban J connectivity index is 2.98. The van der Waals surface area contributed by atoms with Crippen molar-refractivity contribution in [3.63, 3.8) is 0 Å². The lowest BCUT2D eigenvalue weighted by Gasteiger charge is -2.26. The van der Waals surface area contributed by atoms with Crippen molar-refractivity contribution in [3.8, 4) is 6.07 Å². The Hall–Kier alpha value is -2.08. The molecule has 0 heterocycles. The molecule has 0 aliphatic rings. The van der Waals surface area contributed by atoms with Crippen LogP contribution in [0.1, 0.15) is 25.3 Å². The Morgan fingerprint density at radius 2 is 2.00 bits per heavy atom. The van der Waals surface area contributed by atoms with Gasteiger partial charge in [0.05, 0.1) is 19.1 Å². The van der Waals surface area contributed by atoms with Crippen molar-refractivity contribution in [1.29, 1.82) is 5.26 Å². The lowest BCUT2D eigenvalue weighted by molar-refractivity contribution is -0.134. The topological polar surface area (TPSA) is 50.1 Å². The van der Waals surface area contributed by atoms with Gasteiger partial charge >= 0.3 is 5.97 Å². The van der Waals surface area contributed by atoms with E-state index in [2.05, 4.69) is 10.8 Å². The standard InChI is InChI=1S/C15H17NO2/c1-15(2,10-9-14(17)18-3)13(11-16)12-7-5-4-6-8-12/h4-10,13H,1-3H3/b10-9+. The van der Waals surface area contributed by atoms with E-state index < -0.39 is 11.4 Å². The molecule has 18 heavy (non-hydrogen) atoms. The monoisotopic (exact) mass is 243 g/mol. The highest BCUT2D eigenvalue weighted by Crippen LogP contribution is 2.36. The smallest absolute Gasteiger partial charge is 0.330 e. The average Bonchev–Trinajstić information content (AvgIpc) is 2.38. The van der Waals surface area contributed by atoms with Gasteiger partial charge < -0.3 is 4.74 Å². The molecule has 0 N–H and O–H groups in total. The molecule has 0 aliphatic heterocycles. The molecule has 1 aromatic carbocycles. The van der Waals surface area contributed by atoms with Crippen molar-refractivity contribution in [2.45, 2.75) is 19.8 Å². The average molecular weight is 243 g/mol. The van der Waals surface area contributed by atoms with Crippen LogP contribution in [0.3, 0.4) is 0 Å². The van der Waals surface area contributed by atoms with E-state index in [1.54, 1.807) is 6.08 Å². The molecular formula is C15H17NO2. The van der Waals surface area contributed by atoms with Gasteiger partial charge in [-0.25, -0.2) is 4.79 Å². The van der Waals surface area contributed by atoms with Crippen molar-refractivity contribution in [2.24, 2.45) is 5.41 Å². The van der Waals surface area contributed by atoms with Crippen molar-refractivity contribution in [1.82, 2.24) is 0 Å². The maximum atomic E-state index is 11.1. The number of esters is 1. The second-order valence-corrected chi connectivity index (χ2v) is 4.65. The van der Waals surface area contributed by atoms with Gasteiger partial charge in [-0.3, -0.25) is 0 Å². The number of carbonyl (C=O) groups is 1. The normalized spacial score (nSPS) is 13.0. The molecule has 1 aromatic rings. The Morgan fingerprint density at radius 1 is 1.39 bits per heavy atom. The van der Waals surface area contributed by atoms with Gasteiger partial charge in [-0.15, -0.1) is 0 Å². The first kappa shape index (κ1) is 14.0. The molecule has 0 radical (unpaired) electrons. The number of rotatable bonds is 4. The van der Waals surface area contributed by atoms with Gasteiger partial charge in [0.25, 0.3) is 0 Å². The van der Waals surface area contributed by atoms with Gasteiger partial charge in [0.2, 0.25) is 0 Å². The quantitative estimate of drug-likeness (QED) is 0.603. The van der Waals surface area contributed by atoms with Crippen molar-refractivity contribution < 1.29 is 9.53 Å².